The van der Waals surface area contributed by atoms with Crippen molar-refractivity contribution in [3.63, 3.8) is 0 Å². The molecule has 4 aromatic carbocycles. The molecule has 0 fully saturated rings. The molecule has 0 atom stereocenters. The van der Waals surface area contributed by atoms with Crippen molar-refractivity contribution < 1.29 is 21.6 Å². The number of nitrogens with zero attached hydrogens (tertiary/aromatic N) is 2. The van der Waals surface area contributed by atoms with E-state index in [-0.39, 0.29) is 9.79 Å². The number of aryl methyl sites for hydroxylation is 2. The Hall–Kier alpha value is -3.84. The van der Waals surface area contributed by atoms with Crippen LogP contribution in [0, 0.1) is 13.8 Å². The normalized spacial score (nSPS) is 11.6. The van der Waals surface area contributed by atoms with Crippen LogP contribution in [0.5, 0.6) is 0 Å². The Balaban J connectivity index is 1.89. The molecule has 0 aliphatic carbocycles. The first kappa shape index (κ1) is 24.3. The Morgan fingerprint density at radius 3 is 1.26 bits per heavy atom. The van der Waals surface area contributed by atoms with Gasteiger partial charge in [-0.1, -0.05) is 96.1 Å². The van der Waals surface area contributed by atoms with Crippen LogP contribution in [-0.4, -0.2) is 26.0 Å². The van der Waals surface area contributed by atoms with Crippen molar-refractivity contribution in [1.29, 1.82) is 0 Å². The van der Waals surface area contributed by atoms with E-state index >= 15 is 0 Å². The summed E-state index contributed by atoms with van der Waals surface area (Å²) < 4.78 is 53.3. The fraction of sp³-hybridized carbons (Fsp3) is 0.0741. The predicted octanol–water partition coefficient (Wildman–Crippen LogP) is 5.47. The highest BCUT2D eigenvalue weighted by Gasteiger charge is 2.45. The van der Waals surface area contributed by atoms with Crippen LogP contribution in [0.4, 0.5) is 0 Å². The molecule has 0 aliphatic rings. The monoisotopic (exact) mass is 502 g/mol. The zero-order valence-electron chi connectivity index (χ0n) is 19.1. The van der Waals surface area contributed by atoms with Crippen LogP contribution in [0.3, 0.4) is 0 Å². The van der Waals surface area contributed by atoms with Gasteiger partial charge < -0.3 is 5.53 Å². The summed E-state index contributed by atoms with van der Waals surface area (Å²) in [6.45, 7) is 3.81. The van der Waals surface area contributed by atoms with Crippen molar-refractivity contribution in [2.45, 2.75) is 23.6 Å². The van der Waals surface area contributed by atoms with Crippen LogP contribution in [0.2, 0.25) is 0 Å². The van der Waals surface area contributed by atoms with Gasteiger partial charge in [0.15, 0.2) is 0 Å². The second-order valence-corrected chi connectivity index (χ2v) is 12.0. The van der Waals surface area contributed by atoms with Crippen molar-refractivity contribution >= 4 is 24.1 Å². The number of benzene rings is 4. The highest BCUT2D eigenvalue weighted by Crippen LogP contribution is 2.33. The summed E-state index contributed by atoms with van der Waals surface area (Å²) in [4.78, 5) is 2.28. The van der Waals surface area contributed by atoms with Gasteiger partial charge in [-0.05, 0) is 37.1 Å². The van der Waals surface area contributed by atoms with Crippen LogP contribution in [0.25, 0.3) is 27.8 Å². The topological polar surface area (TPSA) is 105 Å². The molecule has 0 heterocycles. The van der Waals surface area contributed by atoms with E-state index in [0.717, 1.165) is 11.1 Å². The molecule has 0 bridgehead atoms. The van der Waals surface area contributed by atoms with Crippen molar-refractivity contribution in [1.82, 2.24) is 0 Å². The molecular formula is C27H22N2O4S2. The molecule has 0 spiro atoms. The van der Waals surface area contributed by atoms with Crippen molar-refractivity contribution in [3.8, 4) is 22.3 Å². The van der Waals surface area contributed by atoms with Gasteiger partial charge in [0, 0.05) is 11.1 Å². The van der Waals surface area contributed by atoms with E-state index in [0.29, 0.717) is 22.3 Å². The lowest BCUT2D eigenvalue weighted by Gasteiger charge is -2.11. The Bertz CT molecular complexity index is 1550. The van der Waals surface area contributed by atoms with Gasteiger partial charge in [0.2, 0.25) is 0 Å². The molecule has 0 radical (unpaired) electrons. The highest BCUT2D eigenvalue weighted by molar-refractivity contribution is 8.31. The van der Waals surface area contributed by atoms with Crippen LogP contribution in [-0.2, 0) is 19.7 Å². The Morgan fingerprint density at radius 1 is 0.571 bits per heavy atom. The molecular weight excluding hydrogens is 480 g/mol. The molecule has 0 saturated heterocycles. The van der Waals surface area contributed by atoms with Crippen molar-refractivity contribution in [2.75, 3.05) is 0 Å². The Labute approximate surface area is 205 Å². The van der Waals surface area contributed by atoms with E-state index in [9.17, 15) is 22.4 Å². The summed E-state index contributed by atoms with van der Waals surface area (Å²) in [5.74, 6) is 0. The van der Waals surface area contributed by atoms with Crippen molar-refractivity contribution in [3.05, 3.63) is 114 Å². The molecule has 4 rings (SSSR count). The zero-order chi connectivity index (χ0) is 25.2. The lowest BCUT2D eigenvalue weighted by Crippen LogP contribution is -2.27. The molecule has 6 nitrogen and oxygen atoms in total. The van der Waals surface area contributed by atoms with Crippen LogP contribution >= 0.6 is 0 Å². The Morgan fingerprint density at radius 2 is 0.914 bits per heavy atom. The zero-order valence-corrected chi connectivity index (χ0v) is 20.7. The maximum Gasteiger partial charge on any atom is 0.504 e. The minimum atomic E-state index is -4.74. The third kappa shape index (κ3) is 4.59. The van der Waals surface area contributed by atoms with Gasteiger partial charge in [-0.25, -0.2) is 16.8 Å². The summed E-state index contributed by atoms with van der Waals surface area (Å²) in [6, 6.07) is 26.4. The first-order valence-electron chi connectivity index (χ1n) is 10.7. The summed E-state index contributed by atoms with van der Waals surface area (Å²) >= 11 is 0. The number of hydrogen-bond donors (Lipinski definition) is 0. The number of hydrogen-bond acceptors (Lipinski definition) is 4. The van der Waals surface area contributed by atoms with E-state index in [4.69, 9.17) is 0 Å². The van der Waals surface area contributed by atoms with Gasteiger partial charge in [-0.3, -0.25) is 0 Å². The van der Waals surface area contributed by atoms with Crippen LogP contribution in [0.15, 0.2) is 107 Å². The van der Waals surface area contributed by atoms with Crippen LogP contribution < -0.4 is 0 Å². The molecule has 0 amide bonds. The SMILES string of the molecule is Cc1ccc(-c2ccccc2S(=O)(=O)C(=[N+]=[N-])S(=O)(=O)c2ccccc2-c2ccc(C)cc2)cc1. The maximum absolute atomic E-state index is 13.7. The minimum absolute atomic E-state index is 0.270. The standard InChI is InChI=1S/C27H22N2O4S2/c1-19-11-15-21(16-12-19)23-7-3-5-9-25(23)34(30,31)27(29-28)35(32,33)26-10-6-4-8-24(26)22-17-13-20(2)14-18-22/h3-18H,1-2H3. The van der Waals surface area contributed by atoms with Gasteiger partial charge in [0.05, 0.1) is 9.79 Å². The highest BCUT2D eigenvalue weighted by atomic mass is 32.3. The average Bonchev–Trinajstić information content (AvgIpc) is 2.85. The molecule has 0 unspecified atom stereocenters. The van der Waals surface area contributed by atoms with Crippen LogP contribution in [0.1, 0.15) is 11.1 Å². The molecule has 176 valence electrons. The van der Waals surface area contributed by atoms with Gasteiger partial charge in [0.1, 0.15) is 0 Å². The van der Waals surface area contributed by atoms with Gasteiger partial charge in [-0.2, -0.15) is 0 Å². The predicted molar refractivity (Wildman–Crippen MR) is 136 cm³/mol. The molecule has 0 saturated carbocycles. The van der Waals surface area contributed by atoms with E-state index < -0.39 is 24.1 Å². The van der Waals surface area contributed by atoms with Gasteiger partial charge >= 0.3 is 4.38 Å². The summed E-state index contributed by atoms with van der Waals surface area (Å²) in [5.41, 5.74) is 13.5. The molecule has 0 aliphatic heterocycles. The second-order valence-electron chi connectivity index (χ2n) is 8.10. The first-order chi connectivity index (χ1) is 16.7. The maximum atomic E-state index is 13.7. The average molecular weight is 503 g/mol. The van der Waals surface area contributed by atoms with E-state index in [1.165, 1.54) is 24.3 Å². The van der Waals surface area contributed by atoms with E-state index in [2.05, 4.69) is 4.79 Å². The fourth-order valence-electron chi connectivity index (χ4n) is 3.79. The van der Waals surface area contributed by atoms with E-state index in [1.807, 2.05) is 38.1 Å². The second kappa shape index (κ2) is 9.43. The lowest BCUT2D eigenvalue weighted by atomic mass is 10.0. The van der Waals surface area contributed by atoms with Gasteiger partial charge in [-0.15, -0.1) is 4.79 Å². The lowest BCUT2D eigenvalue weighted by molar-refractivity contribution is 0.00380. The molecule has 8 heteroatoms. The summed E-state index contributed by atoms with van der Waals surface area (Å²) in [7, 11) is -9.48. The first-order valence-corrected chi connectivity index (χ1v) is 13.7. The van der Waals surface area contributed by atoms with Gasteiger partial charge in [0.25, 0.3) is 19.7 Å². The quantitative estimate of drug-likeness (QED) is 0.160. The van der Waals surface area contributed by atoms with E-state index in [1.54, 1.807) is 48.5 Å². The molecule has 0 N–H and O–H groups in total. The number of rotatable bonds is 4. The largest absolute Gasteiger partial charge is 0.504 e. The molecule has 0 aromatic heterocycles. The Kier molecular flexibility index (Phi) is 6.54. The minimum Gasteiger partial charge on any atom is -0.359 e. The third-order valence-electron chi connectivity index (χ3n) is 5.62. The fourth-order valence-corrected chi connectivity index (χ4v) is 7.54. The molecule has 35 heavy (non-hydrogen) atoms. The number of sulfone groups is 2. The van der Waals surface area contributed by atoms with Crippen molar-refractivity contribution in [2.24, 2.45) is 0 Å². The third-order valence-corrected chi connectivity index (χ3v) is 9.89. The molecule has 4 aromatic rings. The summed E-state index contributed by atoms with van der Waals surface area (Å²) in [5, 5.41) is 0. The summed E-state index contributed by atoms with van der Waals surface area (Å²) in [6.07, 6.45) is 0. The smallest absolute Gasteiger partial charge is 0.359 e.